The number of hydrogen-bond donors (Lipinski definition) is 2. The number of hydroxylamine groups is 1. The third-order valence-electron chi connectivity index (χ3n) is 7.57. The lowest BCUT2D eigenvalue weighted by Crippen LogP contribution is -2.42. The fourth-order valence-corrected chi connectivity index (χ4v) is 5.78. The number of aromatic nitrogens is 3. The molecule has 2 aliphatic heterocycles. The molecule has 0 spiro atoms. The van der Waals surface area contributed by atoms with Crippen molar-refractivity contribution < 1.29 is 10.0 Å². The summed E-state index contributed by atoms with van der Waals surface area (Å²) in [6.45, 7) is 5.42. The predicted octanol–water partition coefficient (Wildman–Crippen LogP) is 2.99. The third kappa shape index (κ3) is 4.68. The van der Waals surface area contributed by atoms with Crippen LogP contribution in [0, 0.1) is 5.92 Å². The van der Waals surface area contributed by atoms with Crippen LogP contribution in [-0.4, -0.2) is 63.3 Å². The third-order valence-corrected chi connectivity index (χ3v) is 7.57. The Balaban J connectivity index is 1.15. The van der Waals surface area contributed by atoms with Crippen LogP contribution in [0.4, 0.5) is 5.95 Å². The number of amides is 1. The van der Waals surface area contributed by atoms with Gasteiger partial charge in [-0.15, -0.1) is 0 Å². The second-order valence-corrected chi connectivity index (χ2v) is 9.74. The predicted molar refractivity (Wildman–Crippen MR) is 127 cm³/mol. The number of carbonyl (C=O) groups is 1. The van der Waals surface area contributed by atoms with E-state index in [1.54, 1.807) is 11.0 Å². The van der Waals surface area contributed by atoms with Crippen molar-refractivity contribution in [3.8, 4) is 0 Å². The molecule has 0 saturated carbocycles. The van der Waals surface area contributed by atoms with Crippen molar-refractivity contribution in [1.82, 2.24) is 24.9 Å². The van der Waals surface area contributed by atoms with Crippen molar-refractivity contribution in [2.45, 2.75) is 44.4 Å². The first-order valence-corrected chi connectivity index (χ1v) is 12.2. The molecule has 8 nitrogen and oxygen atoms in total. The highest BCUT2D eigenvalue weighted by atomic mass is 16.5. The first-order valence-electron chi connectivity index (χ1n) is 12.2. The number of nitrogens with one attached hydrogen (secondary N) is 1. The van der Waals surface area contributed by atoms with E-state index in [-0.39, 0.29) is 5.56 Å². The minimum atomic E-state index is -0.591. The average molecular weight is 451 g/mol. The highest BCUT2D eigenvalue weighted by Crippen LogP contribution is 2.35. The molecule has 1 aliphatic carbocycles. The molecule has 0 bridgehead atoms. The Morgan fingerprint density at radius 1 is 1.18 bits per heavy atom. The molecule has 3 aliphatic rings. The molecule has 0 aromatic carbocycles. The summed E-state index contributed by atoms with van der Waals surface area (Å²) in [6.07, 6.45) is 17.2. The molecule has 1 atom stereocenters. The summed E-state index contributed by atoms with van der Waals surface area (Å²) in [6, 6.07) is 0. The molecule has 2 N–H and O–H groups in total. The molecule has 4 heterocycles. The van der Waals surface area contributed by atoms with Gasteiger partial charge in [-0.1, -0.05) is 12.2 Å². The molecule has 176 valence electrons. The van der Waals surface area contributed by atoms with Gasteiger partial charge < -0.3 is 14.4 Å². The van der Waals surface area contributed by atoms with Crippen LogP contribution < -0.4 is 10.4 Å². The fraction of sp³-hybridized carbons (Fsp3) is 0.560. The highest BCUT2D eigenvalue weighted by Gasteiger charge is 2.29. The van der Waals surface area contributed by atoms with Gasteiger partial charge in [0.15, 0.2) is 0 Å². The quantitative estimate of drug-likeness (QED) is 0.538. The number of anilines is 1. The first kappa shape index (κ1) is 22.1. The van der Waals surface area contributed by atoms with Crippen LogP contribution in [-0.2, 0) is 13.5 Å². The van der Waals surface area contributed by atoms with Gasteiger partial charge in [0.05, 0.1) is 5.56 Å². The van der Waals surface area contributed by atoms with E-state index in [9.17, 15) is 4.79 Å². The molecule has 33 heavy (non-hydrogen) atoms. The monoisotopic (exact) mass is 450 g/mol. The minimum absolute atomic E-state index is 0.256. The number of rotatable bonds is 5. The number of nitrogens with zero attached hydrogens (tertiary/aromatic N) is 5. The van der Waals surface area contributed by atoms with E-state index in [1.165, 1.54) is 62.5 Å². The maximum absolute atomic E-state index is 11.5. The first-order chi connectivity index (χ1) is 16.1. The van der Waals surface area contributed by atoms with Gasteiger partial charge in [-0.2, -0.15) is 0 Å². The molecule has 1 amide bonds. The van der Waals surface area contributed by atoms with Gasteiger partial charge in [-0.25, -0.2) is 15.4 Å². The summed E-state index contributed by atoms with van der Waals surface area (Å²) in [5.74, 6) is 1.40. The molecular weight excluding hydrogens is 416 g/mol. The molecule has 0 radical (unpaired) electrons. The Morgan fingerprint density at radius 3 is 2.73 bits per heavy atom. The van der Waals surface area contributed by atoms with Gasteiger partial charge in [0, 0.05) is 57.5 Å². The van der Waals surface area contributed by atoms with Crippen molar-refractivity contribution >= 4 is 17.9 Å². The molecule has 2 aromatic heterocycles. The van der Waals surface area contributed by atoms with Crippen LogP contribution in [0.25, 0.3) is 6.08 Å². The van der Waals surface area contributed by atoms with E-state index in [2.05, 4.69) is 49.7 Å². The number of piperidine rings is 2. The lowest BCUT2D eigenvalue weighted by Gasteiger charge is -2.38. The topological polar surface area (TPSA) is 86.5 Å². The molecule has 2 fully saturated rings. The molecular formula is C25H34N6O2. The van der Waals surface area contributed by atoms with Gasteiger partial charge in [-0.05, 0) is 68.0 Å². The van der Waals surface area contributed by atoms with Crippen LogP contribution >= 0.6 is 0 Å². The van der Waals surface area contributed by atoms with Gasteiger partial charge in [0.25, 0.3) is 5.91 Å². The molecule has 2 aromatic rings. The second-order valence-electron chi connectivity index (χ2n) is 9.74. The Labute approximate surface area is 195 Å². The van der Waals surface area contributed by atoms with Crippen LogP contribution in [0.1, 0.15) is 65.2 Å². The van der Waals surface area contributed by atoms with E-state index in [0.717, 1.165) is 32.4 Å². The molecule has 5 rings (SSSR count). The summed E-state index contributed by atoms with van der Waals surface area (Å²) < 4.78 is 2.35. The van der Waals surface area contributed by atoms with Crippen LogP contribution in [0.3, 0.4) is 0 Å². The van der Waals surface area contributed by atoms with Crippen LogP contribution in [0.15, 0.2) is 24.7 Å². The van der Waals surface area contributed by atoms with Crippen molar-refractivity contribution in [3.05, 3.63) is 47.1 Å². The Morgan fingerprint density at radius 2 is 1.97 bits per heavy atom. The number of hydrogen-bond acceptors (Lipinski definition) is 6. The van der Waals surface area contributed by atoms with Crippen molar-refractivity contribution in [2.75, 3.05) is 37.6 Å². The zero-order valence-corrected chi connectivity index (χ0v) is 19.4. The van der Waals surface area contributed by atoms with Crippen molar-refractivity contribution in [2.24, 2.45) is 13.0 Å². The SMILES string of the molecule is Cn1cc(C2CCCN(CC3CCN(c4ncc(C(=O)NO)cn4)CC3)C2)c2c1CCC=C2. The smallest absolute Gasteiger partial charge is 0.277 e. The Kier molecular flexibility index (Phi) is 6.46. The van der Waals surface area contributed by atoms with Gasteiger partial charge in [-0.3, -0.25) is 10.0 Å². The number of fused-ring (bicyclic) bond motifs is 1. The zero-order valence-electron chi connectivity index (χ0n) is 19.4. The number of allylic oxidation sites excluding steroid dienone is 1. The number of likely N-dealkylation sites (tertiary alicyclic amines) is 1. The van der Waals surface area contributed by atoms with Crippen molar-refractivity contribution in [3.63, 3.8) is 0 Å². The van der Waals surface area contributed by atoms with Gasteiger partial charge in [0.2, 0.25) is 5.95 Å². The van der Waals surface area contributed by atoms with Crippen LogP contribution in [0.5, 0.6) is 0 Å². The molecule has 2 saturated heterocycles. The largest absolute Gasteiger partial charge is 0.354 e. The standard InChI is InChI=1S/C25H34N6O2/c1-29-17-22(21-6-2-3-7-23(21)29)19-5-4-10-30(16-19)15-18-8-11-31(12-9-18)25-26-13-20(14-27-25)24(32)28-33/h2,6,13-14,17-19,33H,3-5,7-12,15-16H2,1H3,(H,28,32). The fourth-order valence-electron chi connectivity index (χ4n) is 5.78. The summed E-state index contributed by atoms with van der Waals surface area (Å²) in [5, 5.41) is 8.73. The van der Waals surface area contributed by atoms with Gasteiger partial charge in [0.1, 0.15) is 0 Å². The summed E-state index contributed by atoms with van der Waals surface area (Å²) in [4.78, 5) is 25.0. The Hall–Kier alpha value is -2.71. The Bertz CT molecular complexity index is 1010. The second kappa shape index (κ2) is 9.65. The highest BCUT2D eigenvalue weighted by molar-refractivity contribution is 5.92. The summed E-state index contributed by atoms with van der Waals surface area (Å²) in [5.41, 5.74) is 6.42. The van der Waals surface area contributed by atoms with E-state index in [1.807, 2.05) is 0 Å². The molecule has 8 heteroatoms. The minimum Gasteiger partial charge on any atom is -0.354 e. The number of carbonyl (C=O) groups excluding carboxylic acids is 1. The lowest BCUT2D eigenvalue weighted by molar-refractivity contribution is 0.0705. The van der Waals surface area contributed by atoms with Crippen LogP contribution in [0.2, 0.25) is 0 Å². The average Bonchev–Trinajstić information content (AvgIpc) is 3.21. The zero-order chi connectivity index (χ0) is 22.8. The van der Waals surface area contributed by atoms with E-state index in [4.69, 9.17) is 5.21 Å². The maximum atomic E-state index is 11.5. The molecule has 1 unspecified atom stereocenters. The van der Waals surface area contributed by atoms with E-state index < -0.39 is 5.91 Å². The maximum Gasteiger partial charge on any atom is 0.277 e. The number of aryl methyl sites for hydroxylation is 1. The summed E-state index contributed by atoms with van der Waals surface area (Å²) in [7, 11) is 2.20. The van der Waals surface area contributed by atoms with Gasteiger partial charge >= 0.3 is 0 Å². The van der Waals surface area contributed by atoms with Crippen molar-refractivity contribution in [1.29, 1.82) is 0 Å². The normalized spacial score (nSPS) is 21.8. The van der Waals surface area contributed by atoms with E-state index >= 15 is 0 Å². The van der Waals surface area contributed by atoms with E-state index in [0.29, 0.717) is 17.8 Å². The lowest BCUT2D eigenvalue weighted by atomic mass is 9.87. The summed E-state index contributed by atoms with van der Waals surface area (Å²) >= 11 is 0.